The van der Waals surface area contributed by atoms with E-state index in [1.807, 2.05) is 61.5 Å². The monoisotopic (exact) mass is 464 g/mol. The Labute approximate surface area is 202 Å². The molecule has 0 aliphatic rings. The molecule has 0 saturated carbocycles. The van der Waals surface area contributed by atoms with Crippen molar-refractivity contribution in [2.45, 2.75) is 18.6 Å². The number of rotatable bonds is 7. The third-order valence-corrected chi connectivity index (χ3v) is 6.63. The van der Waals surface area contributed by atoms with Gasteiger partial charge in [-0.1, -0.05) is 90.6 Å². The number of aromatic nitrogens is 2. The van der Waals surface area contributed by atoms with E-state index in [0.29, 0.717) is 6.54 Å². The smallest absolute Gasteiger partial charge is 0.250 e. The van der Waals surface area contributed by atoms with E-state index in [1.54, 1.807) is 0 Å². The summed E-state index contributed by atoms with van der Waals surface area (Å²) in [6.07, 6.45) is 0. The normalized spacial score (nSPS) is 11.7. The van der Waals surface area contributed by atoms with Crippen LogP contribution in [-0.4, -0.2) is 26.9 Å². The van der Waals surface area contributed by atoms with Crippen LogP contribution < -0.4 is 5.43 Å². The second-order valence-electron chi connectivity index (χ2n) is 8.04. The lowest BCUT2D eigenvalue weighted by Crippen LogP contribution is -2.21. The third kappa shape index (κ3) is 4.87. The van der Waals surface area contributed by atoms with Gasteiger partial charge in [-0.3, -0.25) is 4.79 Å². The van der Waals surface area contributed by atoms with Gasteiger partial charge in [-0.15, -0.1) is 0 Å². The zero-order chi connectivity index (χ0) is 23.3. The number of hydrazone groups is 1. The summed E-state index contributed by atoms with van der Waals surface area (Å²) in [4.78, 5) is 17.3. The van der Waals surface area contributed by atoms with E-state index < -0.39 is 0 Å². The predicted octanol–water partition coefficient (Wildman–Crippen LogP) is 5.87. The Kier molecular flexibility index (Phi) is 6.40. The first-order valence-electron chi connectivity index (χ1n) is 11.1. The van der Waals surface area contributed by atoms with Gasteiger partial charge in [-0.25, -0.2) is 10.4 Å². The fourth-order valence-electron chi connectivity index (χ4n) is 3.87. The van der Waals surface area contributed by atoms with Crippen molar-refractivity contribution in [3.05, 3.63) is 108 Å². The van der Waals surface area contributed by atoms with Crippen molar-refractivity contribution in [2.24, 2.45) is 5.10 Å². The van der Waals surface area contributed by atoms with Crippen LogP contribution >= 0.6 is 11.8 Å². The maximum absolute atomic E-state index is 12.6. The lowest BCUT2D eigenvalue weighted by atomic mass is 10.0. The number of para-hydroxylation sites is 2. The molecule has 168 valence electrons. The molecule has 0 spiro atoms. The van der Waals surface area contributed by atoms with Crippen LogP contribution in [0.4, 0.5) is 0 Å². The van der Waals surface area contributed by atoms with Gasteiger partial charge in [0, 0.05) is 0 Å². The van der Waals surface area contributed by atoms with Gasteiger partial charge in [0.25, 0.3) is 5.91 Å². The molecule has 0 bridgehead atoms. The molecule has 5 rings (SSSR count). The van der Waals surface area contributed by atoms with Crippen LogP contribution in [0, 0.1) is 0 Å². The first-order valence-corrected chi connectivity index (χ1v) is 12.1. The molecular weight excluding hydrogens is 440 g/mol. The molecule has 6 heteroatoms. The molecule has 0 aliphatic carbocycles. The van der Waals surface area contributed by atoms with Crippen molar-refractivity contribution in [2.75, 3.05) is 5.75 Å². The van der Waals surface area contributed by atoms with Gasteiger partial charge in [0.15, 0.2) is 5.16 Å². The molecule has 0 radical (unpaired) electrons. The van der Waals surface area contributed by atoms with Crippen molar-refractivity contribution < 1.29 is 4.79 Å². The molecule has 5 aromatic rings. The fourth-order valence-corrected chi connectivity index (χ4v) is 4.68. The SMILES string of the molecule is C/C(=N\NC(=O)CSc1nc2ccccc2n1Cc1ccccc1)c1ccc2ccccc2c1. The lowest BCUT2D eigenvalue weighted by Gasteiger charge is -2.09. The summed E-state index contributed by atoms with van der Waals surface area (Å²) in [6.45, 7) is 2.60. The van der Waals surface area contributed by atoms with Crippen LogP contribution in [0.1, 0.15) is 18.1 Å². The Balaban J connectivity index is 1.28. The molecular formula is C28H24N4OS. The summed E-state index contributed by atoms with van der Waals surface area (Å²) >= 11 is 1.42. The quantitative estimate of drug-likeness (QED) is 0.186. The molecule has 1 amide bonds. The van der Waals surface area contributed by atoms with Gasteiger partial charge < -0.3 is 4.57 Å². The number of thioether (sulfide) groups is 1. The number of carbonyl (C=O) groups is 1. The average Bonchev–Trinajstić information content (AvgIpc) is 3.23. The highest BCUT2D eigenvalue weighted by atomic mass is 32.2. The average molecular weight is 465 g/mol. The lowest BCUT2D eigenvalue weighted by molar-refractivity contribution is -0.118. The Morgan fingerprint density at radius 2 is 1.65 bits per heavy atom. The summed E-state index contributed by atoms with van der Waals surface area (Å²) in [5, 5.41) is 7.46. The van der Waals surface area contributed by atoms with Crippen LogP contribution in [-0.2, 0) is 11.3 Å². The van der Waals surface area contributed by atoms with Gasteiger partial charge in [0.05, 0.1) is 29.0 Å². The molecule has 0 fully saturated rings. The number of benzene rings is 4. The highest BCUT2D eigenvalue weighted by molar-refractivity contribution is 7.99. The van der Waals surface area contributed by atoms with E-state index in [4.69, 9.17) is 4.98 Å². The Morgan fingerprint density at radius 3 is 2.50 bits per heavy atom. The van der Waals surface area contributed by atoms with Crippen LogP contribution in [0.15, 0.2) is 107 Å². The van der Waals surface area contributed by atoms with E-state index in [9.17, 15) is 4.79 Å². The maximum Gasteiger partial charge on any atom is 0.250 e. The van der Waals surface area contributed by atoms with Crippen molar-refractivity contribution in [1.82, 2.24) is 15.0 Å². The van der Waals surface area contributed by atoms with Crippen molar-refractivity contribution in [3.8, 4) is 0 Å². The number of amides is 1. The topological polar surface area (TPSA) is 59.3 Å². The third-order valence-electron chi connectivity index (χ3n) is 5.65. The molecule has 5 nitrogen and oxygen atoms in total. The number of carbonyl (C=O) groups excluding carboxylic acids is 1. The number of hydrogen-bond donors (Lipinski definition) is 1. The first kappa shape index (κ1) is 21.9. The first-order chi connectivity index (χ1) is 16.7. The van der Waals surface area contributed by atoms with Crippen LogP contribution in [0.25, 0.3) is 21.8 Å². The Hall–Kier alpha value is -3.90. The summed E-state index contributed by atoms with van der Waals surface area (Å²) in [5.41, 5.74) is 7.61. The van der Waals surface area contributed by atoms with E-state index in [2.05, 4.69) is 57.6 Å². The molecule has 4 aromatic carbocycles. The van der Waals surface area contributed by atoms with Gasteiger partial charge in [0.1, 0.15) is 0 Å². The zero-order valence-electron chi connectivity index (χ0n) is 18.8. The van der Waals surface area contributed by atoms with Gasteiger partial charge in [-0.05, 0) is 47.0 Å². The van der Waals surface area contributed by atoms with E-state index >= 15 is 0 Å². The minimum atomic E-state index is -0.163. The zero-order valence-corrected chi connectivity index (χ0v) is 19.6. The summed E-state index contributed by atoms with van der Waals surface area (Å²) in [6, 6.07) is 32.7. The molecule has 1 aromatic heterocycles. The fraction of sp³-hybridized carbons (Fsp3) is 0.107. The van der Waals surface area contributed by atoms with Crippen LogP contribution in [0.3, 0.4) is 0 Å². The molecule has 34 heavy (non-hydrogen) atoms. The summed E-state index contributed by atoms with van der Waals surface area (Å²) < 4.78 is 2.16. The number of nitrogens with one attached hydrogen (secondary N) is 1. The molecule has 1 heterocycles. The highest BCUT2D eigenvalue weighted by Gasteiger charge is 2.13. The van der Waals surface area contributed by atoms with Crippen LogP contribution in [0.5, 0.6) is 0 Å². The molecule has 0 unspecified atom stereocenters. The minimum absolute atomic E-state index is 0.163. The number of fused-ring (bicyclic) bond motifs is 2. The summed E-state index contributed by atoms with van der Waals surface area (Å²) in [5.74, 6) is 0.0653. The van der Waals surface area contributed by atoms with E-state index in [0.717, 1.165) is 32.9 Å². The predicted molar refractivity (Wildman–Crippen MR) is 140 cm³/mol. The number of imidazole rings is 1. The molecule has 1 N–H and O–H groups in total. The highest BCUT2D eigenvalue weighted by Crippen LogP contribution is 2.25. The van der Waals surface area contributed by atoms with Gasteiger partial charge in [0.2, 0.25) is 0 Å². The van der Waals surface area contributed by atoms with Gasteiger partial charge in [-0.2, -0.15) is 5.10 Å². The summed E-state index contributed by atoms with van der Waals surface area (Å²) in [7, 11) is 0. The second-order valence-corrected chi connectivity index (χ2v) is 8.98. The van der Waals surface area contributed by atoms with Crippen molar-refractivity contribution >= 4 is 45.2 Å². The van der Waals surface area contributed by atoms with Crippen molar-refractivity contribution in [1.29, 1.82) is 0 Å². The second kappa shape index (κ2) is 9.93. The van der Waals surface area contributed by atoms with Crippen molar-refractivity contribution in [3.63, 3.8) is 0 Å². The minimum Gasteiger partial charge on any atom is -0.314 e. The van der Waals surface area contributed by atoms with E-state index in [1.165, 1.54) is 22.7 Å². The Bertz CT molecular complexity index is 1490. The van der Waals surface area contributed by atoms with Crippen LogP contribution in [0.2, 0.25) is 0 Å². The largest absolute Gasteiger partial charge is 0.314 e. The molecule has 0 saturated heterocycles. The Morgan fingerprint density at radius 1 is 0.912 bits per heavy atom. The standard InChI is InChI=1S/C28H24N4OS/c1-20(23-16-15-22-11-5-6-12-24(22)17-23)30-31-27(33)19-34-28-29-25-13-7-8-14-26(25)32(28)18-21-9-3-2-4-10-21/h2-17H,18-19H2,1H3,(H,31,33)/b30-20+. The number of nitrogens with zero attached hydrogens (tertiary/aromatic N) is 3. The molecule has 0 aliphatic heterocycles. The van der Waals surface area contributed by atoms with E-state index in [-0.39, 0.29) is 11.7 Å². The molecule has 0 atom stereocenters. The number of hydrogen-bond acceptors (Lipinski definition) is 4. The van der Waals surface area contributed by atoms with Gasteiger partial charge >= 0.3 is 0 Å². The maximum atomic E-state index is 12.6.